The van der Waals surface area contributed by atoms with Gasteiger partial charge < -0.3 is 9.73 Å². The summed E-state index contributed by atoms with van der Waals surface area (Å²) < 4.78 is 18.9. The maximum absolute atomic E-state index is 13.3. The predicted octanol–water partition coefficient (Wildman–Crippen LogP) is 3.91. The van der Waals surface area contributed by atoms with Crippen molar-refractivity contribution in [3.8, 4) is 11.5 Å². The summed E-state index contributed by atoms with van der Waals surface area (Å²) in [4.78, 5) is 16.5. The van der Waals surface area contributed by atoms with Crippen molar-refractivity contribution in [2.24, 2.45) is 0 Å². The van der Waals surface area contributed by atoms with E-state index in [-0.39, 0.29) is 18.2 Å². The molecule has 0 bridgehead atoms. The van der Waals surface area contributed by atoms with Crippen molar-refractivity contribution >= 4 is 22.5 Å². The highest BCUT2D eigenvalue weighted by Crippen LogP contribution is 2.23. The van der Waals surface area contributed by atoms with Crippen LogP contribution in [0.2, 0.25) is 0 Å². The zero-order valence-corrected chi connectivity index (χ0v) is 14.4. The van der Waals surface area contributed by atoms with Crippen LogP contribution in [0.4, 0.5) is 10.1 Å². The summed E-state index contributed by atoms with van der Waals surface area (Å²) in [6.45, 7) is 1.79. The van der Waals surface area contributed by atoms with Crippen molar-refractivity contribution in [1.29, 1.82) is 0 Å². The molecule has 0 aliphatic heterocycles. The molecule has 0 saturated carbocycles. The van der Waals surface area contributed by atoms with Crippen molar-refractivity contribution in [2.75, 3.05) is 5.32 Å². The van der Waals surface area contributed by atoms with Gasteiger partial charge >= 0.3 is 0 Å². The molecule has 0 atom stereocenters. The van der Waals surface area contributed by atoms with Gasteiger partial charge in [0.15, 0.2) is 0 Å². The molecule has 0 spiro atoms. The van der Waals surface area contributed by atoms with Gasteiger partial charge in [-0.05, 0) is 48.9 Å². The van der Waals surface area contributed by atoms with E-state index in [0.717, 1.165) is 22.0 Å². The fourth-order valence-corrected chi connectivity index (χ4v) is 2.71. The van der Waals surface area contributed by atoms with E-state index in [2.05, 4.69) is 20.5 Å². The molecule has 6 nitrogen and oxygen atoms in total. The maximum atomic E-state index is 13.3. The maximum Gasteiger partial charge on any atom is 0.247 e. The number of rotatable bonds is 4. The molecular weight excluding hydrogens is 347 g/mol. The average molecular weight is 362 g/mol. The van der Waals surface area contributed by atoms with Gasteiger partial charge in [0.1, 0.15) is 12.2 Å². The second-order valence-electron chi connectivity index (χ2n) is 6.10. The molecule has 0 unspecified atom stereocenters. The minimum atomic E-state index is -0.415. The molecule has 4 aromatic rings. The lowest BCUT2D eigenvalue weighted by Crippen LogP contribution is -2.15. The Kier molecular flexibility index (Phi) is 4.33. The van der Waals surface area contributed by atoms with Crippen LogP contribution >= 0.6 is 0 Å². The van der Waals surface area contributed by atoms with Crippen molar-refractivity contribution in [1.82, 2.24) is 15.2 Å². The highest BCUT2D eigenvalue weighted by molar-refractivity contribution is 5.92. The van der Waals surface area contributed by atoms with Gasteiger partial charge in [-0.3, -0.25) is 9.78 Å². The number of halogens is 1. The average Bonchev–Trinajstić information content (AvgIpc) is 3.12. The van der Waals surface area contributed by atoms with E-state index in [0.29, 0.717) is 11.6 Å². The first-order valence-corrected chi connectivity index (χ1v) is 8.32. The van der Waals surface area contributed by atoms with E-state index in [9.17, 15) is 9.18 Å². The Hall–Kier alpha value is -3.61. The van der Waals surface area contributed by atoms with Crippen LogP contribution in [0.5, 0.6) is 0 Å². The van der Waals surface area contributed by atoms with Crippen LogP contribution in [-0.4, -0.2) is 21.1 Å². The van der Waals surface area contributed by atoms with Gasteiger partial charge in [-0.15, -0.1) is 10.2 Å². The first-order valence-electron chi connectivity index (χ1n) is 8.32. The molecule has 0 radical (unpaired) electrons. The van der Waals surface area contributed by atoms with Crippen molar-refractivity contribution < 1.29 is 13.6 Å². The Balaban J connectivity index is 1.50. The van der Waals surface area contributed by atoms with Gasteiger partial charge in [0.2, 0.25) is 17.7 Å². The molecule has 2 heterocycles. The second-order valence-corrected chi connectivity index (χ2v) is 6.10. The van der Waals surface area contributed by atoms with Crippen LogP contribution in [0.15, 0.2) is 59.1 Å². The smallest absolute Gasteiger partial charge is 0.247 e. The highest BCUT2D eigenvalue weighted by Gasteiger charge is 2.14. The lowest BCUT2D eigenvalue weighted by Gasteiger charge is -2.07. The first kappa shape index (κ1) is 16.8. The largest absolute Gasteiger partial charge is 0.420 e. The molecular formula is C20H15FN4O2. The van der Waals surface area contributed by atoms with Crippen LogP contribution in [-0.2, 0) is 11.2 Å². The summed E-state index contributed by atoms with van der Waals surface area (Å²) in [5.41, 5.74) is 2.80. The van der Waals surface area contributed by atoms with Crippen molar-refractivity contribution in [3.63, 3.8) is 0 Å². The molecule has 0 aliphatic carbocycles. The number of anilines is 1. The van der Waals surface area contributed by atoms with Crippen LogP contribution in [0.3, 0.4) is 0 Å². The summed E-state index contributed by atoms with van der Waals surface area (Å²) in [6.07, 6.45) is 1.63. The van der Waals surface area contributed by atoms with Gasteiger partial charge in [0.05, 0.1) is 5.52 Å². The molecule has 134 valence electrons. The minimum Gasteiger partial charge on any atom is -0.420 e. The zero-order chi connectivity index (χ0) is 18.8. The molecule has 0 saturated heterocycles. The van der Waals surface area contributed by atoms with Crippen molar-refractivity contribution in [2.45, 2.75) is 13.3 Å². The third-order valence-electron chi connectivity index (χ3n) is 4.10. The topological polar surface area (TPSA) is 80.9 Å². The fourth-order valence-electron chi connectivity index (χ4n) is 2.71. The number of pyridine rings is 1. The number of nitrogens with zero attached hydrogens (tertiary/aromatic N) is 3. The number of aryl methyl sites for hydroxylation is 1. The minimum absolute atomic E-state index is 0.0991. The standard InChI is InChI=1S/C20H15FN4O2/c1-12-4-6-15(21)10-17(12)23-18(26)11-19-24-25-20(27-19)14-5-7-16-13(9-14)3-2-8-22-16/h2-10H,11H2,1H3,(H,23,26). The summed E-state index contributed by atoms with van der Waals surface area (Å²) in [5, 5.41) is 11.5. The zero-order valence-electron chi connectivity index (χ0n) is 14.4. The van der Waals surface area contributed by atoms with Crippen LogP contribution in [0.25, 0.3) is 22.4 Å². The molecule has 0 aliphatic rings. The fraction of sp³-hybridized carbons (Fsp3) is 0.100. The number of carbonyl (C=O) groups excluding carboxylic acids is 1. The summed E-state index contributed by atoms with van der Waals surface area (Å²) >= 11 is 0. The second kappa shape index (κ2) is 6.95. The summed E-state index contributed by atoms with van der Waals surface area (Å²) in [5.74, 6) is -0.267. The Morgan fingerprint density at radius 3 is 2.93 bits per heavy atom. The number of amides is 1. The number of benzene rings is 2. The van der Waals surface area contributed by atoms with Gasteiger partial charge in [-0.1, -0.05) is 12.1 Å². The Bertz CT molecular complexity index is 1140. The quantitative estimate of drug-likeness (QED) is 0.595. The number of hydrogen-bond donors (Lipinski definition) is 1. The van der Waals surface area contributed by atoms with E-state index in [1.807, 2.05) is 30.3 Å². The number of carbonyl (C=O) groups is 1. The Labute approximate surface area is 154 Å². The number of hydrogen-bond acceptors (Lipinski definition) is 5. The summed E-state index contributed by atoms with van der Waals surface area (Å²) in [6, 6.07) is 13.6. The van der Waals surface area contributed by atoms with E-state index in [4.69, 9.17) is 4.42 Å². The van der Waals surface area contributed by atoms with Crippen LogP contribution < -0.4 is 5.32 Å². The Morgan fingerprint density at radius 2 is 2.04 bits per heavy atom. The molecule has 1 amide bonds. The van der Waals surface area contributed by atoms with E-state index >= 15 is 0 Å². The lowest BCUT2D eigenvalue weighted by atomic mass is 10.1. The summed E-state index contributed by atoms with van der Waals surface area (Å²) in [7, 11) is 0. The van der Waals surface area contributed by atoms with Gasteiger partial charge in [0.25, 0.3) is 0 Å². The molecule has 4 rings (SSSR count). The molecule has 1 N–H and O–H groups in total. The monoisotopic (exact) mass is 362 g/mol. The molecule has 2 aromatic carbocycles. The van der Waals surface area contributed by atoms with E-state index in [1.54, 1.807) is 19.2 Å². The number of aromatic nitrogens is 3. The van der Waals surface area contributed by atoms with E-state index in [1.165, 1.54) is 12.1 Å². The third kappa shape index (κ3) is 3.67. The third-order valence-corrected chi connectivity index (χ3v) is 4.10. The van der Waals surface area contributed by atoms with E-state index < -0.39 is 5.82 Å². The first-order chi connectivity index (χ1) is 13.1. The van der Waals surface area contributed by atoms with Gasteiger partial charge in [-0.2, -0.15) is 0 Å². The number of nitrogens with one attached hydrogen (secondary N) is 1. The molecule has 2 aromatic heterocycles. The van der Waals surface area contributed by atoms with Crippen molar-refractivity contribution in [3.05, 3.63) is 72.0 Å². The van der Waals surface area contributed by atoms with Crippen LogP contribution in [0.1, 0.15) is 11.5 Å². The molecule has 7 heteroatoms. The SMILES string of the molecule is Cc1ccc(F)cc1NC(=O)Cc1nnc(-c2ccc3ncccc3c2)o1. The molecule has 0 fully saturated rings. The highest BCUT2D eigenvalue weighted by atomic mass is 19.1. The molecule has 27 heavy (non-hydrogen) atoms. The predicted molar refractivity (Wildman–Crippen MR) is 98.5 cm³/mol. The lowest BCUT2D eigenvalue weighted by molar-refractivity contribution is -0.115. The Morgan fingerprint density at radius 1 is 1.15 bits per heavy atom. The normalized spacial score (nSPS) is 10.9. The number of fused-ring (bicyclic) bond motifs is 1. The van der Waals surface area contributed by atoms with Gasteiger partial charge in [-0.25, -0.2) is 4.39 Å². The van der Waals surface area contributed by atoms with Crippen LogP contribution in [0, 0.1) is 12.7 Å². The van der Waals surface area contributed by atoms with Gasteiger partial charge in [0, 0.05) is 22.8 Å².